The van der Waals surface area contributed by atoms with Crippen molar-refractivity contribution in [1.82, 2.24) is 10.6 Å². The molecule has 1 saturated heterocycles. The lowest BCUT2D eigenvalue weighted by molar-refractivity contribution is -0.142. The fourth-order valence-electron chi connectivity index (χ4n) is 2.46. The summed E-state index contributed by atoms with van der Waals surface area (Å²) in [4.78, 5) is 22.7. The summed E-state index contributed by atoms with van der Waals surface area (Å²) in [5, 5.41) is 23.4. The molecule has 1 amide bonds. The van der Waals surface area contributed by atoms with Crippen LogP contribution in [0.25, 0.3) is 0 Å². The van der Waals surface area contributed by atoms with Crippen LogP contribution in [0.4, 0.5) is 0 Å². The molecule has 1 aliphatic heterocycles. The molecule has 1 aliphatic rings. The Morgan fingerprint density at radius 2 is 2.21 bits per heavy atom. The molecule has 0 aliphatic carbocycles. The minimum Gasteiger partial charge on any atom is -0.480 e. The van der Waals surface area contributed by atoms with Gasteiger partial charge in [0.2, 0.25) is 5.91 Å². The minimum absolute atomic E-state index is 0.0421. The number of hydrogen-bond donors (Lipinski definition) is 4. The van der Waals surface area contributed by atoms with Crippen molar-refractivity contribution in [1.29, 1.82) is 0 Å². The van der Waals surface area contributed by atoms with Crippen molar-refractivity contribution >= 4 is 11.9 Å². The molecule has 1 rings (SSSR count). The molecule has 0 aromatic heterocycles. The van der Waals surface area contributed by atoms with Crippen molar-refractivity contribution in [2.24, 2.45) is 11.8 Å². The number of aliphatic carboxylic acids is 1. The number of carbonyl (C=O) groups is 2. The van der Waals surface area contributed by atoms with Gasteiger partial charge in [-0.25, -0.2) is 4.79 Å². The first-order valence-electron chi connectivity index (χ1n) is 6.88. The highest BCUT2D eigenvalue weighted by Crippen LogP contribution is 2.22. The second-order valence-corrected chi connectivity index (χ2v) is 5.26. The Balaban J connectivity index is 2.38. The Morgan fingerprint density at radius 1 is 1.47 bits per heavy atom. The minimum atomic E-state index is -1.10. The van der Waals surface area contributed by atoms with E-state index in [1.807, 2.05) is 6.92 Å². The van der Waals surface area contributed by atoms with E-state index < -0.39 is 12.0 Å². The van der Waals surface area contributed by atoms with Crippen molar-refractivity contribution in [3.05, 3.63) is 0 Å². The molecule has 6 heteroatoms. The number of carbonyl (C=O) groups excluding carboxylic acids is 1. The van der Waals surface area contributed by atoms with Crippen LogP contribution in [0.2, 0.25) is 0 Å². The molecule has 110 valence electrons. The summed E-state index contributed by atoms with van der Waals surface area (Å²) in [6, 6.07) is -0.991. The number of aliphatic hydroxyl groups is 1. The zero-order valence-corrected chi connectivity index (χ0v) is 11.4. The first-order chi connectivity index (χ1) is 9.04. The van der Waals surface area contributed by atoms with Gasteiger partial charge in [0.25, 0.3) is 0 Å². The first-order valence-corrected chi connectivity index (χ1v) is 6.88. The zero-order chi connectivity index (χ0) is 14.3. The maximum Gasteiger partial charge on any atom is 0.326 e. The van der Waals surface area contributed by atoms with Crippen molar-refractivity contribution in [3.63, 3.8) is 0 Å². The van der Waals surface area contributed by atoms with Crippen LogP contribution in [0.5, 0.6) is 0 Å². The van der Waals surface area contributed by atoms with Crippen molar-refractivity contribution in [2.75, 3.05) is 19.7 Å². The summed E-state index contributed by atoms with van der Waals surface area (Å²) in [6.07, 6.45) is 2.61. The van der Waals surface area contributed by atoms with E-state index in [0.717, 1.165) is 25.9 Å². The van der Waals surface area contributed by atoms with E-state index in [-0.39, 0.29) is 24.9 Å². The van der Waals surface area contributed by atoms with E-state index in [2.05, 4.69) is 10.6 Å². The van der Waals surface area contributed by atoms with Crippen LogP contribution in [0.1, 0.15) is 32.6 Å². The normalized spacial score (nSPS) is 22.5. The monoisotopic (exact) mass is 272 g/mol. The molecule has 0 radical (unpaired) electrons. The van der Waals surface area contributed by atoms with E-state index in [9.17, 15) is 9.59 Å². The number of piperidine rings is 1. The average Bonchev–Trinajstić information content (AvgIpc) is 2.39. The van der Waals surface area contributed by atoms with Gasteiger partial charge < -0.3 is 20.8 Å². The van der Waals surface area contributed by atoms with Gasteiger partial charge in [0.05, 0.1) is 0 Å². The van der Waals surface area contributed by atoms with Crippen molar-refractivity contribution in [2.45, 2.75) is 38.6 Å². The summed E-state index contributed by atoms with van der Waals surface area (Å²) < 4.78 is 0. The van der Waals surface area contributed by atoms with Gasteiger partial charge in [-0.2, -0.15) is 0 Å². The SMILES string of the molecule is CC(CC(=O)N[C@H](CCO)C(=O)O)C1CCCNC1. The highest BCUT2D eigenvalue weighted by atomic mass is 16.4. The zero-order valence-electron chi connectivity index (χ0n) is 11.4. The number of carboxylic acid groups (broad SMARTS) is 1. The van der Waals surface area contributed by atoms with Crippen LogP contribution in [0.3, 0.4) is 0 Å². The number of carboxylic acids is 1. The second-order valence-electron chi connectivity index (χ2n) is 5.26. The Hall–Kier alpha value is -1.14. The van der Waals surface area contributed by atoms with Crippen LogP contribution in [0.15, 0.2) is 0 Å². The fraction of sp³-hybridized carbons (Fsp3) is 0.846. The van der Waals surface area contributed by atoms with Gasteiger partial charge in [0, 0.05) is 19.4 Å². The molecule has 0 bridgehead atoms. The van der Waals surface area contributed by atoms with Gasteiger partial charge >= 0.3 is 5.97 Å². The Labute approximate surface area is 113 Å². The predicted octanol–water partition coefficient (Wildman–Crippen LogP) is -0.0360. The Bertz CT molecular complexity index is 303. The van der Waals surface area contributed by atoms with Crippen molar-refractivity contribution in [3.8, 4) is 0 Å². The molecule has 1 fully saturated rings. The topological polar surface area (TPSA) is 98.7 Å². The van der Waals surface area contributed by atoms with Crippen LogP contribution >= 0.6 is 0 Å². The van der Waals surface area contributed by atoms with E-state index in [1.54, 1.807) is 0 Å². The lowest BCUT2D eigenvalue weighted by atomic mass is 9.85. The van der Waals surface area contributed by atoms with Gasteiger partial charge in [-0.15, -0.1) is 0 Å². The highest BCUT2D eigenvalue weighted by molar-refractivity contribution is 5.83. The smallest absolute Gasteiger partial charge is 0.326 e. The molecule has 1 heterocycles. The van der Waals surface area contributed by atoms with Gasteiger partial charge in [-0.1, -0.05) is 6.92 Å². The van der Waals surface area contributed by atoms with Crippen LogP contribution in [-0.2, 0) is 9.59 Å². The molecule has 0 aromatic carbocycles. The fourth-order valence-corrected chi connectivity index (χ4v) is 2.46. The summed E-state index contributed by atoms with van der Waals surface area (Å²) in [5.41, 5.74) is 0. The van der Waals surface area contributed by atoms with Crippen LogP contribution in [0, 0.1) is 11.8 Å². The molecule has 19 heavy (non-hydrogen) atoms. The largest absolute Gasteiger partial charge is 0.480 e. The quantitative estimate of drug-likeness (QED) is 0.521. The van der Waals surface area contributed by atoms with Gasteiger partial charge in [-0.3, -0.25) is 4.79 Å². The van der Waals surface area contributed by atoms with E-state index in [4.69, 9.17) is 10.2 Å². The van der Waals surface area contributed by atoms with E-state index >= 15 is 0 Å². The second kappa shape index (κ2) is 8.12. The van der Waals surface area contributed by atoms with Gasteiger partial charge in [0.1, 0.15) is 6.04 Å². The molecular weight excluding hydrogens is 248 g/mol. The standard InChI is InChI=1S/C13H24N2O4/c1-9(10-3-2-5-14-8-10)7-12(17)15-11(4-6-16)13(18)19/h9-11,14,16H,2-8H2,1H3,(H,15,17)(H,18,19)/t9?,10?,11-/m1/s1. The molecule has 0 saturated carbocycles. The summed E-state index contributed by atoms with van der Waals surface area (Å²) in [5.74, 6) is -0.648. The van der Waals surface area contributed by atoms with Crippen LogP contribution in [-0.4, -0.2) is 47.8 Å². The Kier molecular flexibility index (Phi) is 6.80. The molecule has 6 nitrogen and oxygen atoms in total. The highest BCUT2D eigenvalue weighted by Gasteiger charge is 2.24. The molecule has 4 N–H and O–H groups in total. The number of aliphatic hydroxyl groups excluding tert-OH is 1. The summed E-state index contributed by atoms with van der Waals surface area (Å²) in [6.45, 7) is 3.73. The molecule has 2 unspecified atom stereocenters. The summed E-state index contributed by atoms with van der Waals surface area (Å²) >= 11 is 0. The summed E-state index contributed by atoms with van der Waals surface area (Å²) in [7, 11) is 0. The van der Waals surface area contributed by atoms with E-state index in [1.165, 1.54) is 0 Å². The number of nitrogens with one attached hydrogen (secondary N) is 2. The number of amides is 1. The average molecular weight is 272 g/mol. The maximum atomic E-state index is 11.8. The van der Waals surface area contributed by atoms with Crippen molar-refractivity contribution < 1.29 is 19.8 Å². The van der Waals surface area contributed by atoms with Crippen LogP contribution < -0.4 is 10.6 Å². The third-order valence-electron chi connectivity index (χ3n) is 3.70. The number of hydrogen-bond acceptors (Lipinski definition) is 4. The molecule has 0 spiro atoms. The maximum absolute atomic E-state index is 11.8. The lowest BCUT2D eigenvalue weighted by Gasteiger charge is -2.28. The molecular formula is C13H24N2O4. The predicted molar refractivity (Wildman–Crippen MR) is 70.6 cm³/mol. The molecule has 3 atom stereocenters. The number of rotatable bonds is 7. The van der Waals surface area contributed by atoms with Gasteiger partial charge in [-0.05, 0) is 37.8 Å². The third-order valence-corrected chi connectivity index (χ3v) is 3.70. The Morgan fingerprint density at radius 3 is 2.74 bits per heavy atom. The lowest BCUT2D eigenvalue weighted by Crippen LogP contribution is -2.43. The van der Waals surface area contributed by atoms with Gasteiger partial charge in [0.15, 0.2) is 0 Å². The van der Waals surface area contributed by atoms with E-state index in [0.29, 0.717) is 12.3 Å². The third kappa shape index (κ3) is 5.57. The first kappa shape index (κ1) is 15.9. The molecule has 0 aromatic rings.